The minimum absolute atomic E-state index is 0.0900. The number of carbonyl (C=O) groups is 2. The topological polar surface area (TPSA) is 46.6 Å². The molecule has 0 aromatic heterocycles. The average molecular weight is 462 g/mol. The first-order valence-corrected chi connectivity index (χ1v) is 11.3. The van der Waals surface area contributed by atoms with Crippen molar-refractivity contribution in [3.63, 3.8) is 0 Å². The molecule has 0 spiro atoms. The zero-order valence-electron chi connectivity index (χ0n) is 17.9. The molecule has 3 rings (SSSR count). The Morgan fingerprint density at radius 2 is 1.69 bits per heavy atom. The third kappa shape index (κ3) is 6.15. The van der Waals surface area contributed by atoms with Crippen LogP contribution in [0.1, 0.15) is 21.5 Å². The lowest BCUT2D eigenvalue weighted by molar-refractivity contribution is -0.125. The van der Waals surface area contributed by atoms with E-state index in [-0.39, 0.29) is 11.9 Å². The van der Waals surface area contributed by atoms with Crippen molar-refractivity contribution in [2.24, 2.45) is 0 Å². The van der Waals surface area contributed by atoms with Gasteiger partial charge in [-0.3, -0.25) is 4.79 Å². The van der Waals surface area contributed by atoms with Crippen LogP contribution in [0.15, 0.2) is 83.8 Å². The highest BCUT2D eigenvalue weighted by Crippen LogP contribution is 2.25. The summed E-state index contributed by atoms with van der Waals surface area (Å²) in [6, 6.07) is 24.9. The van der Waals surface area contributed by atoms with Gasteiger partial charge < -0.3 is 9.64 Å². The van der Waals surface area contributed by atoms with E-state index >= 15 is 0 Å². The van der Waals surface area contributed by atoms with Gasteiger partial charge >= 0.3 is 5.97 Å². The largest absolute Gasteiger partial charge is 0.465 e. The number of ether oxygens (including phenoxy) is 1. The van der Waals surface area contributed by atoms with Crippen LogP contribution >= 0.6 is 24.0 Å². The first-order chi connectivity index (χ1) is 15.5. The van der Waals surface area contributed by atoms with Crippen molar-refractivity contribution >= 4 is 46.6 Å². The van der Waals surface area contributed by atoms with E-state index < -0.39 is 0 Å². The van der Waals surface area contributed by atoms with Crippen molar-refractivity contribution in [2.75, 3.05) is 14.2 Å². The maximum absolute atomic E-state index is 13.1. The van der Waals surface area contributed by atoms with Crippen LogP contribution < -0.4 is 0 Å². The number of nitrogens with zero attached hydrogens (tertiary/aromatic N) is 1. The van der Waals surface area contributed by atoms with Crippen molar-refractivity contribution in [1.29, 1.82) is 0 Å². The van der Waals surface area contributed by atoms with E-state index in [0.717, 1.165) is 22.3 Å². The number of esters is 1. The maximum atomic E-state index is 13.1. The van der Waals surface area contributed by atoms with Crippen molar-refractivity contribution < 1.29 is 14.3 Å². The number of hydrogen-bond acceptors (Lipinski definition) is 5. The number of amides is 1. The van der Waals surface area contributed by atoms with Gasteiger partial charge in [-0.25, -0.2) is 4.79 Å². The lowest BCUT2D eigenvalue weighted by Gasteiger charge is -2.18. The molecule has 0 aliphatic rings. The smallest absolute Gasteiger partial charge is 0.337 e. The summed E-state index contributed by atoms with van der Waals surface area (Å²) in [5.74, 6) is -0.457. The quantitative estimate of drug-likeness (QED) is 0.240. The third-order valence-corrected chi connectivity index (χ3v) is 5.75. The highest BCUT2D eigenvalue weighted by molar-refractivity contribution is 8.24. The Bertz CT molecular complexity index is 1130. The fourth-order valence-electron chi connectivity index (χ4n) is 3.19. The predicted molar refractivity (Wildman–Crippen MR) is 135 cm³/mol. The molecule has 0 fully saturated rings. The highest BCUT2D eigenvalue weighted by Gasteiger charge is 2.15. The zero-order chi connectivity index (χ0) is 22.9. The summed E-state index contributed by atoms with van der Waals surface area (Å²) in [5.41, 5.74) is 4.39. The fourth-order valence-corrected chi connectivity index (χ4v) is 4.07. The van der Waals surface area contributed by atoms with E-state index in [1.807, 2.05) is 72.8 Å². The second kappa shape index (κ2) is 11.4. The summed E-state index contributed by atoms with van der Waals surface area (Å²) < 4.78 is 6.25. The summed E-state index contributed by atoms with van der Waals surface area (Å²) in [6.45, 7) is 0.515. The summed E-state index contributed by atoms with van der Waals surface area (Å²) in [4.78, 5) is 26.9. The molecule has 4 nitrogen and oxygen atoms in total. The molecule has 0 aliphatic heterocycles. The van der Waals surface area contributed by atoms with Gasteiger partial charge in [-0.15, -0.1) is 0 Å². The third-order valence-electron chi connectivity index (χ3n) is 4.82. The number of rotatable bonds is 8. The fraction of sp³-hybridized carbons (Fsp3) is 0.115. The molecule has 0 aliphatic carbocycles. The van der Waals surface area contributed by atoms with Gasteiger partial charge in [-0.1, -0.05) is 84.6 Å². The number of thioether (sulfide) groups is 1. The van der Waals surface area contributed by atoms with Crippen molar-refractivity contribution in [1.82, 2.24) is 4.90 Å². The van der Waals surface area contributed by atoms with Crippen LogP contribution in [0.4, 0.5) is 0 Å². The zero-order valence-corrected chi connectivity index (χ0v) is 19.5. The molecule has 6 heteroatoms. The average Bonchev–Trinajstić information content (AvgIpc) is 2.83. The summed E-state index contributed by atoms with van der Waals surface area (Å²) in [6.07, 6.45) is 1.85. The molecule has 0 saturated carbocycles. The van der Waals surface area contributed by atoms with Gasteiger partial charge in [-0.05, 0) is 46.5 Å². The van der Waals surface area contributed by atoms with E-state index in [0.29, 0.717) is 17.0 Å². The number of carbonyl (C=O) groups excluding carboxylic acids is 2. The minimum atomic E-state index is -0.367. The summed E-state index contributed by atoms with van der Waals surface area (Å²) in [5, 5.41) is 0. The summed E-state index contributed by atoms with van der Waals surface area (Å²) >= 11 is 6.25. The molecule has 3 aromatic carbocycles. The molecule has 0 atom stereocenters. The maximum Gasteiger partial charge on any atom is 0.337 e. The lowest BCUT2D eigenvalue weighted by atomic mass is 10.0. The standard InChI is InChI=1S/C26H23NO3S2/c1-27(17-19-7-4-3-5-8-19)25(28)24(32-18-31)16-20-9-6-10-23(15-20)21-11-13-22(14-12-21)26(29)30-2/h3-16,18H,17H2,1-2H3/b24-16-. The second-order valence-corrected chi connectivity index (χ2v) is 8.51. The molecule has 0 unspecified atom stereocenters. The van der Waals surface area contributed by atoms with Crippen LogP contribution in [-0.4, -0.2) is 35.6 Å². The molecule has 0 heterocycles. The monoisotopic (exact) mass is 461 g/mol. The molecule has 0 saturated heterocycles. The van der Waals surface area contributed by atoms with Gasteiger partial charge in [0.05, 0.1) is 17.6 Å². The SMILES string of the molecule is COC(=O)c1ccc(-c2cccc(/C=C(\SC=S)C(=O)N(C)Cc3ccccc3)c2)cc1. The van der Waals surface area contributed by atoms with Gasteiger partial charge in [0, 0.05) is 18.3 Å². The van der Waals surface area contributed by atoms with Gasteiger partial charge in [0.2, 0.25) is 0 Å². The van der Waals surface area contributed by atoms with Crippen LogP contribution in [0.3, 0.4) is 0 Å². The van der Waals surface area contributed by atoms with Gasteiger partial charge in [0.1, 0.15) is 0 Å². The normalized spacial score (nSPS) is 11.0. The van der Waals surface area contributed by atoms with Crippen LogP contribution in [0, 0.1) is 0 Å². The summed E-state index contributed by atoms with van der Waals surface area (Å²) in [7, 11) is 3.15. The van der Waals surface area contributed by atoms with Gasteiger partial charge in [-0.2, -0.15) is 0 Å². The number of benzene rings is 3. The van der Waals surface area contributed by atoms with Crippen molar-refractivity contribution in [3.8, 4) is 11.1 Å². The Morgan fingerprint density at radius 1 is 0.969 bits per heavy atom. The van der Waals surface area contributed by atoms with E-state index in [9.17, 15) is 9.59 Å². The number of hydrogen-bond donors (Lipinski definition) is 0. The first-order valence-electron chi connectivity index (χ1n) is 9.92. The molecule has 162 valence electrons. The predicted octanol–water partition coefficient (Wildman–Crippen LogP) is 5.83. The molecule has 0 N–H and O–H groups in total. The van der Waals surface area contributed by atoms with E-state index in [2.05, 4.69) is 0 Å². The van der Waals surface area contributed by atoms with Crippen LogP contribution in [0.2, 0.25) is 0 Å². The number of methoxy groups -OCH3 is 1. The Hall–Kier alpha value is -3.22. The van der Waals surface area contributed by atoms with Crippen molar-refractivity contribution in [2.45, 2.75) is 6.54 Å². The molecule has 0 radical (unpaired) electrons. The first kappa shape index (κ1) is 23.4. The molecule has 3 aromatic rings. The molecular formula is C26H23NO3S2. The second-order valence-electron chi connectivity index (χ2n) is 7.06. The lowest BCUT2D eigenvalue weighted by Crippen LogP contribution is -2.26. The van der Waals surface area contributed by atoms with E-state index in [1.54, 1.807) is 24.1 Å². The molecule has 32 heavy (non-hydrogen) atoms. The Kier molecular flexibility index (Phi) is 8.36. The van der Waals surface area contributed by atoms with Gasteiger partial charge in [0.25, 0.3) is 5.91 Å². The molecular weight excluding hydrogens is 438 g/mol. The molecule has 0 bridgehead atoms. The van der Waals surface area contributed by atoms with Crippen molar-refractivity contribution in [3.05, 3.63) is 100 Å². The highest BCUT2D eigenvalue weighted by atomic mass is 32.2. The Balaban J connectivity index is 1.83. The molecule has 1 amide bonds. The van der Waals surface area contributed by atoms with E-state index in [4.69, 9.17) is 17.0 Å². The Labute approximate surface area is 197 Å². The van der Waals surface area contributed by atoms with Gasteiger partial charge in [0.15, 0.2) is 0 Å². The van der Waals surface area contributed by atoms with Crippen LogP contribution in [0.25, 0.3) is 17.2 Å². The van der Waals surface area contributed by atoms with E-state index in [1.165, 1.54) is 23.6 Å². The minimum Gasteiger partial charge on any atom is -0.465 e. The number of thiocarbonyl (C=S) groups is 1. The Morgan fingerprint density at radius 3 is 2.34 bits per heavy atom. The van der Waals surface area contributed by atoms with Crippen LogP contribution in [0.5, 0.6) is 0 Å². The van der Waals surface area contributed by atoms with Crippen LogP contribution in [-0.2, 0) is 16.1 Å². The number of likely N-dealkylation sites (N-methyl/N-ethyl adjacent to an activating group) is 1.